The fourth-order valence-electron chi connectivity index (χ4n) is 5.56. The van der Waals surface area contributed by atoms with Crippen molar-refractivity contribution in [1.82, 2.24) is 25.2 Å². The van der Waals surface area contributed by atoms with E-state index in [-0.39, 0.29) is 25.8 Å². The number of imidazole rings is 1. The van der Waals surface area contributed by atoms with E-state index in [2.05, 4.69) is 44.5 Å². The molecule has 0 atom stereocenters. The van der Waals surface area contributed by atoms with Gasteiger partial charge < -0.3 is 35.5 Å². The molecular weight excluding hydrogens is 634 g/mol. The number of H-pyrrole nitrogens is 1. The maximum absolute atomic E-state index is 11.3. The van der Waals surface area contributed by atoms with E-state index >= 15 is 0 Å². The Morgan fingerprint density at radius 1 is 0.938 bits per heavy atom. The Morgan fingerprint density at radius 2 is 1.56 bits per heavy atom. The van der Waals surface area contributed by atoms with Gasteiger partial charge in [-0.15, -0.1) is 0 Å². The van der Waals surface area contributed by atoms with Gasteiger partial charge in [0.2, 0.25) is 0 Å². The first-order chi connectivity index (χ1) is 23.3. The highest BCUT2D eigenvalue weighted by Crippen LogP contribution is 2.32. The second-order valence-electron chi connectivity index (χ2n) is 11.9. The number of pyridine rings is 1. The van der Waals surface area contributed by atoms with Crippen molar-refractivity contribution in [2.24, 2.45) is 5.92 Å². The van der Waals surface area contributed by atoms with E-state index < -0.39 is 5.54 Å². The number of carbonyl (C=O) groups excluding carboxylic acids is 1. The van der Waals surface area contributed by atoms with Crippen LogP contribution in [0.25, 0.3) is 33.5 Å². The van der Waals surface area contributed by atoms with Crippen LogP contribution in [-0.4, -0.2) is 98.7 Å². The largest absolute Gasteiger partial charge is 0.426 e. The van der Waals surface area contributed by atoms with Gasteiger partial charge in [0, 0.05) is 44.4 Å². The first kappa shape index (κ1) is 35.1. The minimum atomic E-state index is -1.03. The van der Waals surface area contributed by atoms with E-state index in [1.165, 1.54) is 5.56 Å². The van der Waals surface area contributed by atoms with Gasteiger partial charge in [-0.25, -0.2) is 4.98 Å². The summed E-state index contributed by atoms with van der Waals surface area (Å²) in [4.78, 5) is 25.9. The average Bonchev–Trinajstić information content (AvgIpc) is 3.50. The van der Waals surface area contributed by atoms with Crippen LogP contribution >= 0.6 is 11.6 Å². The molecule has 0 bridgehead atoms. The zero-order valence-electron chi connectivity index (χ0n) is 26.9. The maximum atomic E-state index is 11.3. The number of aliphatic hydroxyl groups excluding tert-OH is 4. The molecule has 0 amide bonds. The Morgan fingerprint density at radius 3 is 2.19 bits per heavy atom. The molecule has 2 aromatic heterocycles. The van der Waals surface area contributed by atoms with Crippen LogP contribution in [0.4, 0.5) is 0 Å². The Labute approximate surface area is 283 Å². The number of hydrogen-bond donors (Lipinski definition) is 6. The first-order valence-electron chi connectivity index (χ1n) is 15.6. The van der Waals surface area contributed by atoms with Gasteiger partial charge in [-0.1, -0.05) is 66.2 Å². The second-order valence-corrected chi connectivity index (χ2v) is 12.3. The number of nitrogens with one attached hydrogen (secondary N) is 2. The minimum Gasteiger partial charge on any atom is -0.426 e. The van der Waals surface area contributed by atoms with Crippen molar-refractivity contribution < 1.29 is 30.0 Å². The lowest BCUT2D eigenvalue weighted by Crippen LogP contribution is -2.59. The van der Waals surface area contributed by atoms with Crippen molar-refractivity contribution in [3.8, 4) is 34.1 Å². The molecule has 0 saturated carbocycles. The lowest BCUT2D eigenvalue weighted by atomic mass is 9.96. The summed E-state index contributed by atoms with van der Waals surface area (Å²) in [6, 6.07) is 23.9. The highest BCUT2D eigenvalue weighted by molar-refractivity contribution is 6.33. The van der Waals surface area contributed by atoms with Crippen LogP contribution in [-0.2, 0) is 6.54 Å². The molecule has 6 N–H and O–H groups in total. The molecule has 48 heavy (non-hydrogen) atoms. The van der Waals surface area contributed by atoms with Gasteiger partial charge in [-0.05, 0) is 53.3 Å². The molecule has 1 fully saturated rings. The highest BCUT2D eigenvalue weighted by atomic mass is 35.5. The third-order valence-electron chi connectivity index (χ3n) is 8.56. The number of rotatable bonds is 13. The van der Waals surface area contributed by atoms with Gasteiger partial charge in [-0.3, -0.25) is 9.69 Å². The quantitative estimate of drug-likeness (QED) is 0.0999. The molecule has 252 valence electrons. The molecule has 5 aromatic rings. The van der Waals surface area contributed by atoms with E-state index in [4.69, 9.17) is 26.4 Å². The average molecular weight is 674 g/mol. The summed E-state index contributed by atoms with van der Waals surface area (Å²) in [6.07, 6.45) is 0.796. The lowest BCUT2D eigenvalue weighted by molar-refractivity contribution is 0.0251. The van der Waals surface area contributed by atoms with Gasteiger partial charge >= 0.3 is 6.01 Å². The molecule has 3 aromatic carbocycles. The third kappa shape index (κ3) is 7.91. The van der Waals surface area contributed by atoms with E-state index in [1.54, 1.807) is 18.2 Å². The Kier molecular flexibility index (Phi) is 11.6. The van der Waals surface area contributed by atoms with Gasteiger partial charge in [-0.2, -0.15) is 4.98 Å². The third-order valence-corrected chi connectivity index (χ3v) is 8.84. The fourth-order valence-corrected chi connectivity index (χ4v) is 5.82. The number of likely N-dealkylation sites (tertiary alicyclic amines) is 1. The number of aromatic amines is 1. The van der Waals surface area contributed by atoms with Crippen molar-refractivity contribution in [2.45, 2.75) is 19.0 Å². The van der Waals surface area contributed by atoms with Gasteiger partial charge in [0.25, 0.3) is 0 Å². The summed E-state index contributed by atoms with van der Waals surface area (Å²) in [5.74, 6) is 0.902. The molecule has 1 aliphatic heterocycles. The van der Waals surface area contributed by atoms with Crippen molar-refractivity contribution in [3.05, 3.63) is 94.5 Å². The number of fused-ring (bicyclic) bond motifs is 1. The molecule has 1 saturated heterocycles. The number of nitrogens with zero attached hydrogens (tertiary/aromatic N) is 3. The van der Waals surface area contributed by atoms with E-state index in [0.717, 1.165) is 55.3 Å². The SMILES string of the molecule is CO.Cc1ccc(Oc2nc3nc(-c4ccc(-c5ccc(CN6CC(CNC(CO)(CO)CO)C6)cc5)cc4)c(Cl)cc3[nH]2)cc1C=O. The first-order valence-corrected chi connectivity index (χ1v) is 15.9. The Bertz CT molecular complexity index is 1810. The zero-order chi connectivity index (χ0) is 34.3. The highest BCUT2D eigenvalue weighted by Gasteiger charge is 2.32. The predicted molar refractivity (Wildman–Crippen MR) is 185 cm³/mol. The van der Waals surface area contributed by atoms with E-state index in [0.29, 0.717) is 45.7 Å². The van der Waals surface area contributed by atoms with Crippen molar-refractivity contribution in [1.29, 1.82) is 0 Å². The number of carbonyl (C=O) groups is 1. The maximum Gasteiger partial charge on any atom is 0.301 e. The number of aromatic nitrogens is 3. The molecular formula is C36H40ClN5O6. The van der Waals surface area contributed by atoms with E-state index in [1.807, 2.05) is 37.3 Å². The minimum absolute atomic E-state index is 0.256. The number of hydrogen-bond acceptors (Lipinski definition) is 10. The molecule has 12 heteroatoms. The number of ether oxygens (including phenoxy) is 1. The van der Waals surface area contributed by atoms with Crippen LogP contribution in [0.5, 0.6) is 11.8 Å². The van der Waals surface area contributed by atoms with Crippen molar-refractivity contribution >= 4 is 29.1 Å². The Balaban J connectivity index is 0.00000221. The van der Waals surface area contributed by atoms with Crippen molar-refractivity contribution in [3.63, 3.8) is 0 Å². The smallest absolute Gasteiger partial charge is 0.301 e. The predicted octanol–water partition coefficient (Wildman–Crippen LogP) is 4.20. The van der Waals surface area contributed by atoms with Crippen LogP contribution in [0.15, 0.2) is 72.8 Å². The molecule has 0 radical (unpaired) electrons. The normalized spacial score (nSPS) is 13.6. The van der Waals surface area contributed by atoms with Gasteiger partial charge in [0.1, 0.15) is 12.0 Å². The van der Waals surface area contributed by atoms with Crippen LogP contribution in [0.1, 0.15) is 21.5 Å². The van der Waals surface area contributed by atoms with Crippen LogP contribution in [0, 0.1) is 12.8 Å². The monoisotopic (exact) mass is 673 g/mol. The molecule has 0 aliphatic carbocycles. The molecule has 3 heterocycles. The summed E-state index contributed by atoms with van der Waals surface area (Å²) in [5, 5.41) is 39.1. The molecule has 0 spiro atoms. The number of aldehydes is 1. The topological polar surface area (TPSA) is 164 Å². The number of aliphatic hydroxyl groups is 4. The van der Waals surface area contributed by atoms with Crippen LogP contribution in [0.3, 0.4) is 0 Å². The van der Waals surface area contributed by atoms with Crippen LogP contribution < -0.4 is 10.1 Å². The van der Waals surface area contributed by atoms with Crippen molar-refractivity contribution in [2.75, 3.05) is 46.6 Å². The number of halogens is 1. The summed E-state index contributed by atoms with van der Waals surface area (Å²) < 4.78 is 5.85. The fraction of sp³-hybridized carbons (Fsp3) is 0.306. The summed E-state index contributed by atoms with van der Waals surface area (Å²) >= 11 is 6.64. The lowest BCUT2D eigenvalue weighted by Gasteiger charge is -2.41. The number of benzene rings is 3. The van der Waals surface area contributed by atoms with Crippen LogP contribution in [0.2, 0.25) is 5.02 Å². The molecule has 1 aliphatic rings. The molecule has 0 unspecified atom stereocenters. The van der Waals surface area contributed by atoms with Gasteiger partial charge in [0.05, 0.1) is 41.6 Å². The Hall–Kier alpha value is -4.20. The van der Waals surface area contributed by atoms with Gasteiger partial charge in [0.15, 0.2) is 5.65 Å². The second kappa shape index (κ2) is 15.8. The standard InChI is InChI=1S/C35H36ClN5O5.CH4O/c1-22-2-11-29(12-28(22)18-42)46-34-38-31-13-30(36)32(39-33(31)40-34)27-9-7-26(8-10-27)25-5-3-23(4-6-25)15-41-16-24(17-41)14-37-35(19-43,20-44)21-45;1-2/h2-13,18,24,37,43-45H,14-17,19-21H2,1H3,(H,38,39,40);2H,1H3. The zero-order valence-corrected chi connectivity index (χ0v) is 27.6. The summed E-state index contributed by atoms with van der Waals surface area (Å²) in [5.41, 5.74) is 6.38. The molecule has 11 nitrogen and oxygen atoms in total. The number of aryl methyl sites for hydroxylation is 1. The van der Waals surface area contributed by atoms with E-state index in [9.17, 15) is 20.1 Å². The summed E-state index contributed by atoms with van der Waals surface area (Å²) in [7, 11) is 1.00. The summed E-state index contributed by atoms with van der Waals surface area (Å²) in [6.45, 7) is 4.24. The molecule has 6 rings (SSSR count).